The Kier molecular flexibility index (Phi) is 7.39. The molecular weight excluding hydrogens is 286 g/mol. The second-order valence-electron chi connectivity index (χ2n) is 5.19. The summed E-state index contributed by atoms with van der Waals surface area (Å²) >= 11 is 0. The van der Waals surface area contributed by atoms with E-state index in [-0.39, 0.29) is 31.5 Å². The van der Waals surface area contributed by atoms with Crippen LogP contribution in [0.5, 0.6) is 5.75 Å². The first-order chi connectivity index (χ1) is 10.4. The van der Waals surface area contributed by atoms with Crippen molar-refractivity contribution in [3.8, 4) is 5.75 Å². The van der Waals surface area contributed by atoms with Crippen molar-refractivity contribution < 1.29 is 24.2 Å². The zero-order valence-corrected chi connectivity index (χ0v) is 13.2. The molecule has 0 bridgehead atoms. The van der Waals surface area contributed by atoms with Crippen LogP contribution in [0.3, 0.4) is 0 Å². The predicted octanol–water partition coefficient (Wildman–Crippen LogP) is 1.62. The Morgan fingerprint density at radius 1 is 1.27 bits per heavy atom. The molecule has 0 saturated heterocycles. The molecule has 1 rings (SSSR count). The quantitative estimate of drug-likeness (QED) is 0.724. The molecule has 0 aliphatic heterocycles. The van der Waals surface area contributed by atoms with Gasteiger partial charge in [0.1, 0.15) is 11.8 Å². The number of amides is 1. The van der Waals surface area contributed by atoms with Gasteiger partial charge < -0.3 is 19.9 Å². The van der Waals surface area contributed by atoms with Gasteiger partial charge in [0, 0.05) is 25.7 Å². The molecule has 22 heavy (non-hydrogen) atoms. The molecule has 0 saturated carbocycles. The number of rotatable bonds is 9. The molecule has 1 aromatic rings. The number of carboxylic acid groups (broad SMARTS) is 1. The fourth-order valence-electron chi connectivity index (χ4n) is 1.93. The van der Waals surface area contributed by atoms with Crippen molar-refractivity contribution in [2.45, 2.75) is 38.8 Å². The Morgan fingerprint density at radius 3 is 2.55 bits per heavy atom. The molecule has 0 fully saturated rings. The summed E-state index contributed by atoms with van der Waals surface area (Å²) in [5.74, 6) is -0.795. The molecule has 122 valence electrons. The van der Waals surface area contributed by atoms with E-state index in [0.29, 0.717) is 5.75 Å². The van der Waals surface area contributed by atoms with Crippen LogP contribution < -0.4 is 10.1 Å². The molecule has 0 spiro atoms. The summed E-state index contributed by atoms with van der Waals surface area (Å²) in [6, 6.07) is 6.28. The number of para-hydroxylation sites is 1. The van der Waals surface area contributed by atoms with E-state index >= 15 is 0 Å². The van der Waals surface area contributed by atoms with Crippen molar-refractivity contribution in [1.29, 1.82) is 0 Å². The van der Waals surface area contributed by atoms with Crippen LogP contribution in [0.4, 0.5) is 0 Å². The van der Waals surface area contributed by atoms with E-state index in [2.05, 4.69) is 5.32 Å². The number of methoxy groups -OCH3 is 1. The lowest BCUT2D eigenvalue weighted by molar-refractivity contribution is -0.142. The smallest absolute Gasteiger partial charge is 0.326 e. The highest BCUT2D eigenvalue weighted by Crippen LogP contribution is 2.19. The van der Waals surface area contributed by atoms with E-state index in [0.717, 1.165) is 5.56 Å². The number of carboxylic acids is 1. The van der Waals surface area contributed by atoms with Crippen LogP contribution in [-0.4, -0.2) is 42.8 Å². The highest BCUT2D eigenvalue weighted by atomic mass is 16.5. The van der Waals surface area contributed by atoms with Gasteiger partial charge in [0.2, 0.25) is 5.91 Å². The van der Waals surface area contributed by atoms with Crippen molar-refractivity contribution in [2.75, 3.05) is 13.7 Å². The van der Waals surface area contributed by atoms with Crippen molar-refractivity contribution in [2.24, 2.45) is 0 Å². The van der Waals surface area contributed by atoms with Crippen LogP contribution in [0.2, 0.25) is 0 Å². The number of ether oxygens (including phenoxy) is 2. The molecule has 0 aromatic heterocycles. The molecule has 6 heteroatoms. The van der Waals surface area contributed by atoms with Gasteiger partial charge in [0.05, 0.1) is 12.5 Å². The first-order valence-corrected chi connectivity index (χ1v) is 7.19. The zero-order valence-electron chi connectivity index (χ0n) is 13.2. The Hall–Kier alpha value is -2.08. The molecule has 1 amide bonds. The van der Waals surface area contributed by atoms with E-state index < -0.39 is 12.0 Å². The van der Waals surface area contributed by atoms with Crippen LogP contribution in [0.1, 0.15) is 25.8 Å². The lowest BCUT2D eigenvalue weighted by atomic mass is 10.1. The molecule has 1 unspecified atom stereocenters. The van der Waals surface area contributed by atoms with Gasteiger partial charge in [-0.05, 0) is 19.9 Å². The van der Waals surface area contributed by atoms with Gasteiger partial charge >= 0.3 is 5.97 Å². The van der Waals surface area contributed by atoms with Crippen molar-refractivity contribution >= 4 is 11.9 Å². The van der Waals surface area contributed by atoms with Crippen molar-refractivity contribution in [3.05, 3.63) is 29.8 Å². The second kappa shape index (κ2) is 9.04. The summed E-state index contributed by atoms with van der Waals surface area (Å²) in [5.41, 5.74) is 0.726. The van der Waals surface area contributed by atoms with Crippen LogP contribution in [0.25, 0.3) is 0 Å². The highest BCUT2D eigenvalue weighted by molar-refractivity contribution is 5.85. The van der Waals surface area contributed by atoms with Gasteiger partial charge in [-0.1, -0.05) is 18.2 Å². The number of carbonyl (C=O) groups excluding carboxylic acids is 1. The molecule has 2 N–H and O–H groups in total. The predicted molar refractivity (Wildman–Crippen MR) is 82.0 cm³/mol. The molecular formula is C16H23NO5. The number of benzene rings is 1. The summed E-state index contributed by atoms with van der Waals surface area (Å²) in [6.07, 6.45) is 0.291. The van der Waals surface area contributed by atoms with E-state index in [9.17, 15) is 9.59 Å². The molecule has 1 aromatic carbocycles. The summed E-state index contributed by atoms with van der Waals surface area (Å²) in [5, 5.41) is 11.6. The molecule has 0 aliphatic carbocycles. The maximum absolute atomic E-state index is 12.1. The number of hydrogen-bond donors (Lipinski definition) is 2. The van der Waals surface area contributed by atoms with Gasteiger partial charge in [-0.25, -0.2) is 4.79 Å². The second-order valence-corrected chi connectivity index (χ2v) is 5.19. The maximum Gasteiger partial charge on any atom is 0.326 e. The number of aliphatic carboxylic acids is 1. The monoisotopic (exact) mass is 309 g/mol. The lowest BCUT2D eigenvalue weighted by Crippen LogP contribution is -2.42. The van der Waals surface area contributed by atoms with Gasteiger partial charge in [-0.15, -0.1) is 0 Å². The summed E-state index contributed by atoms with van der Waals surface area (Å²) < 4.78 is 10.5. The van der Waals surface area contributed by atoms with E-state index in [1.165, 1.54) is 7.11 Å². The summed E-state index contributed by atoms with van der Waals surface area (Å²) in [6.45, 7) is 4.08. The Labute approximate surface area is 130 Å². The lowest BCUT2D eigenvalue weighted by Gasteiger charge is -2.16. The third-order valence-corrected chi connectivity index (χ3v) is 2.93. The molecule has 0 radical (unpaired) electrons. The van der Waals surface area contributed by atoms with E-state index in [1.54, 1.807) is 12.1 Å². The fourth-order valence-corrected chi connectivity index (χ4v) is 1.93. The van der Waals surface area contributed by atoms with Gasteiger partial charge in [0.25, 0.3) is 0 Å². The number of nitrogens with one attached hydrogen (secondary N) is 1. The average Bonchev–Trinajstić information content (AvgIpc) is 2.44. The standard InChI is InChI=1S/C16H23NO5/c1-11(2)22-14-7-5-4-6-12(14)10-15(18)17-13(16(19)20)8-9-21-3/h4-7,11,13H,8-10H2,1-3H3,(H,17,18)(H,19,20). The minimum absolute atomic E-state index is 0.00215. The topological polar surface area (TPSA) is 84.9 Å². The largest absolute Gasteiger partial charge is 0.491 e. The normalized spacial score (nSPS) is 12.0. The first-order valence-electron chi connectivity index (χ1n) is 7.19. The molecule has 0 heterocycles. The summed E-state index contributed by atoms with van der Waals surface area (Å²) in [7, 11) is 1.49. The van der Waals surface area contributed by atoms with Crippen LogP contribution in [0.15, 0.2) is 24.3 Å². The molecule has 6 nitrogen and oxygen atoms in total. The first kappa shape index (κ1) is 18.0. The van der Waals surface area contributed by atoms with Crippen molar-refractivity contribution in [3.63, 3.8) is 0 Å². The number of carbonyl (C=O) groups is 2. The van der Waals surface area contributed by atoms with Crippen LogP contribution in [0, 0.1) is 0 Å². The highest BCUT2D eigenvalue weighted by Gasteiger charge is 2.20. The van der Waals surface area contributed by atoms with Crippen LogP contribution in [-0.2, 0) is 20.7 Å². The third-order valence-electron chi connectivity index (χ3n) is 2.93. The minimum atomic E-state index is -1.07. The van der Waals surface area contributed by atoms with E-state index in [1.807, 2.05) is 26.0 Å². The van der Waals surface area contributed by atoms with Gasteiger partial charge in [-0.3, -0.25) is 4.79 Å². The Bertz CT molecular complexity index is 501. The van der Waals surface area contributed by atoms with E-state index in [4.69, 9.17) is 14.6 Å². The zero-order chi connectivity index (χ0) is 16.5. The van der Waals surface area contributed by atoms with Crippen LogP contribution >= 0.6 is 0 Å². The Balaban J connectivity index is 2.69. The summed E-state index contributed by atoms with van der Waals surface area (Å²) in [4.78, 5) is 23.2. The van der Waals surface area contributed by atoms with Crippen molar-refractivity contribution in [1.82, 2.24) is 5.32 Å². The molecule has 1 atom stereocenters. The maximum atomic E-state index is 12.1. The average molecular weight is 309 g/mol. The number of hydrogen-bond acceptors (Lipinski definition) is 4. The molecule has 0 aliphatic rings. The SMILES string of the molecule is COCCC(NC(=O)Cc1ccccc1OC(C)C)C(=O)O. The fraction of sp³-hybridized carbons (Fsp3) is 0.500. The van der Waals surface area contributed by atoms with Gasteiger partial charge in [0.15, 0.2) is 0 Å². The van der Waals surface area contributed by atoms with Gasteiger partial charge in [-0.2, -0.15) is 0 Å². The minimum Gasteiger partial charge on any atom is -0.491 e. The Morgan fingerprint density at radius 2 is 1.95 bits per heavy atom. The third kappa shape index (κ3) is 6.13.